The molecule has 1 N–H and O–H groups in total. The SMILES string of the molecule is C=C[C@@]1(C(=O)O)CC1=NCCCCC. The van der Waals surface area contributed by atoms with Crippen LogP contribution in [0.4, 0.5) is 0 Å². The molecule has 78 valence electrons. The second kappa shape index (κ2) is 4.40. The highest BCUT2D eigenvalue weighted by atomic mass is 16.4. The predicted octanol–water partition coefficient (Wildman–Crippen LogP) is 2.28. The van der Waals surface area contributed by atoms with Crippen molar-refractivity contribution in [2.45, 2.75) is 32.6 Å². The van der Waals surface area contributed by atoms with Crippen molar-refractivity contribution in [3.8, 4) is 0 Å². The number of unbranched alkanes of at least 4 members (excludes halogenated alkanes) is 2. The van der Waals surface area contributed by atoms with Crippen LogP contribution in [0.3, 0.4) is 0 Å². The van der Waals surface area contributed by atoms with Gasteiger partial charge in [-0.05, 0) is 6.42 Å². The molecule has 1 saturated carbocycles. The lowest BCUT2D eigenvalue weighted by atomic mass is 10.1. The monoisotopic (exact) mass is 195 g/mol. The molecular formula is C11H17NO2. The predicted molar refractivity (Wildman–Crippen MR) is 56.7 cm³/mol. The van der Waals surface area contributed by atoms with E-state index in [9.17, 15) is 4.79 Å². The molecule has 1 rings (SSSR count). The Morgan fingerprint density at radius 1 is 1.71 bits per heavy atom. The maximum Gasteiger partial charge on any atom is 0.319 e. The Balaban J connectivity index is 2.42. The van der Waals surface area contributed by atoms with Gasteiger partial charge < -0.3 is 5.11 Å². The van der Waals surface area contributed by atoms with E-state index in [1.54, 1.807) is 0 Å². The molecule has 0 spiro atoms. The first kappa shape index (κ1) is 11.0. The Morgan fingerprint density at radius 2 is 2.43 bits per heavy atom. The van der Waals surface area contributed by atoms with Crippen LogP contribution in [0.1, 0.15) is 32.6 Å². The van der Waals surface area contributed by atoms with E-state index in [0.717, 1.165) is 31.5 Å². The minimum atomic E-state index is -0.818. The highest BCUT2D eigenvalue weighted by Crippen LogP contribution is 2.43. The fraction of sp³-hybridized carbons (Fsp3) is 0.636. The lowest BCUT2D eigenvalue weighted by Crippen LogP contribution is -2.14. The van der Waals surface area contributed by atoms with Crippen LogP contribution in [0.2, 0.25) is 0 Å². The molecule has 1 aliphatic rings. The number of hydrogen-bond acceptors (Lipinski definition) is 2. The molecule has 0 aromatic rings. The summed E-state index contributed by atoms with van der Waals surface area (Å²) in [7, 11) is 0. The summed E-state index contributed by atoms with van der Waals surface area (Å²) < 4.78 is 0. The first-order valence-corrected chi connectivity index (χ1v) is 5.08. The average molecular weight is 195 g/mol. The van der Waals surface area contributed by atoms with Gasteiger partial charge in [-0.15, -0.1) is 6.58 Å². The van der Waals surface area contributed by atoms with Crippen LogP contribution >= 0.6 is 0 Å². The summed E-state index contributed by atoms with van der Waals surface area (Å²) in [5, 5.41) is 8.92. The van der Waals surface area contributed by atoms with Crippen LogP contribution in [0, 0.1) is 5.41 Å². The topological polar surface area (TPSA) is 49.7 Å². The van der Waals surface area contributed by atoms with E-state index < -0.39 is 11.4 Å². The van der Waals surface area contributed by atoms with E-state index >= 15 is 0 Å². The third kappa shape index (κ3) is 2.03. The van der Waals surface area contributed by atoms with Crippen LogP contribution in [0.15, 0.2) is 17.6 Å². The summed E-state index contributed by atoms with van der Waals surface area (Å²) in [6.45, 7) is 6.44. The molecule has 3 heteroatoms. The molecule has 0 unspecified atom stereocenters. The minimum Gasteiger partial charge on any atom is -0.480 e. The fourth-order valence-corrected chi connectivity index (χ4v) is 1.47. The molecular weight excluding hydrogens is 178 g/mol. The van der Waals surface area contributed by atoms with Gasteiger partial charge in [0, 0.05) is 18.7 Å². The third-order valence-corrected chi connectivity index (χ3v) is 2.63. The van der Waals surface area contributed by atoms with E-state index in [1.807, 2.05) is 0 Å². The zero-order chi connectivity index (χ0) is 10.6. The number of aliphatic imine (C=N–C) groups is 1. The van der Waals surface area contributed by atoms with E-state index in [4.69, 9.17) is 5.11 Å². The van der Waals surface area contributed by atoms with Crippen LogP contribution in [-0.4, -0.2) is 23.3 Å². The van der Waals surface area contributed by atoms with Crippen molar-refractivity contribution in [2.75, 3.05) is 6.54 Å². The first-order chi connectivity index (χ1) is 6.67. The molecule has 1 atom stereocenters. The standard InChI is InChI=1S/C11H17NO2/c1-3-5-6-7-12-9-8-11(9,4-2)10(13)14/h4H,2-3,5-8H2,1H3,(H,13,14)/t11-/m1/s1. The van der Waals surface area contributed by atoms with Gasteiger partial charge in [-0.25, -0.2) is 0 Å². The number of nitrogens with zero attached hydrogens (tertiary/aromatic N) is 1. The molecule has 3 nitrogen and oxygen atoms in total. The van der Waals surface area contributed by atoms with Crippen LogP contribution in [0.5, 0.6) is 0 Å². The number of aliphatic carboxylic acids is 1. The minimum absolute atomic E-state index is 0.554. The molecule has 1 aliphatic carbocycles. The van der Waals surface area contributed by atoms with Gasteiger partial charge in [0.05, 0.1) is 0 Å². The number of carboxylic acid groups (broad SMARTS) is 1. The summed E-state index contributed by atoms with van der Waals surface area (Å²) in [5.74, 6) is -0.818. The van der Waals surface area contributed by atoms with E-state index in [1.165, 1.54) is 6.08 Å². The van der Waals surface area contributed by atoms with Gasteiger partial charge in [0.25, 0.3) is 0 Å². The van der Waals surface area contributed by atoms with Gasteiger partial charge in [-0.1, -0.05) is 25.8 Å². The van der Waals surface area contributed by atoms with Crippen LogP contribution < -0.4 is 0 Å². The van der Waals surface area contributed by atoms with Crippen molar-refractivity contribution < 1.29 is 9.90 Å². The number of rotatable bonds is 6. The lowest BCUT2D eigenvalue weighted by molar-refractivity contribution is -0.140. The van der Waals surface area contributed by atoms with Gasteiger partial charge >= 0.3 is 5.97 Å². The normalized spacial score (nSPS) is 27.6. The smallest absolute Gasteiger partial charge is 0.319 e. The van der Waals surface area contributed by atoms with Gasteiger partial charge in [-0.2, -0.15) is 0 Å². The maximum atomic E-state index is 10.9. The van der Waals surface area contributed by atoms with E-state index in [2.05, 4.69) is 18.5 Å². The average Bonchev–Trinajstić information content (AvgIpc) is 2.88. The second-order valence-electron chi connectivity index (χ2n) is 3.69. The van der Waals surface area contributed by atoms with Crippen molar-refractivity contribution in [2.24, 2.45) is 10.4 Å². The molecule has 0 aromatic heterocycles. The summed E-state index contributed by atoms with van der Waals surface area (Å²) in [4.78, 5) is 15.1. The van der Waals surface area contributed by atoms with Crippen molar-refractivity contribution in [3.63, 3.8) is 0 Å². The zero-order valence-corrected chi connectivity index (χ0v) is 8.62. The van der Waals surface area contributed by atoms with Crippen LogP contribution in [-0.2, 0) is 4.79 Å². The lowest BCUT2D eigenvalue weighted by Gasteiger charge is -1.99. The largest absolute Gasteiger partial charge is 0.480 e. The number of hydrogen-bond donors (Lipinski definition) is 1. The fourth-order valence-electron chi connectivity index (χ4n) is 1.47. The van der Waals surface area contributed by atoms with E-state index in [-0.39, 0.29) is 0 Å². The summed E-state index contributed by atoms with van der Waals surface area (Å²) in [6, 6.07) is 0. The highest BCUT2D eigenvalue weighted by molar-refractivity contribution is 6.21. The Kier molecular flexibility index (Phi) is 3.44. The molecule has 1 fully saturated rings. The van der Waals surface area contributed by atoms with E-state index in [0.29, 0.717) is 6.42 Å². The molecule has 0 bridgehead atoms. The van der Waals surface area contributed by atoms with Crippen molar-refractivity contribution in [1.29, 1.82) is 0 Å². The summed E-state index contributed by atoms with van der Waals surface area (Å²) in [5.41, 5.74) is -0.0252. The van der Waals surface area contributed by atoms with Gasteiger partial charge in [0.2, 0.25) is 0 Å². The molecule has 0 radical (unpaired) electrons. The van der Waals surface area contributed by atoms with Crippen molar-refractivity contribution in [1.82, 2.24) is 0 Å². The number of carbonyl (C=O) groups is 1. The second-order valence-corrected chi connectivity index (χ2v) is 3.69. The number of carboxylic acids is 1. The quantitative estimate of drug-likeness (QED) is 0.522. The molecule has 0 amide bonds. The third-order valence-electron chi connectivity index (χ3n) is 2.63. The van der Waals surface area contributed by atoms with Crippen LogP contribution in [0.25, 0.3) is 0 Å². The molecule has 0 aliphatic heterocycles. The zero-order valence-electron chi connectivity index (χ0n) is 8.62. The van der Waals surface area contributed by atoms with Crippen molar-refractivity contribution in [3.05, 3.63) is 12.7 Å². The highest BCUT2D eigenvalue weighted by Gasteiger charge is 2.55. The first-order valence-electron chi connectivity index (χ1n) is 5.08. The van der Waals surface area contributed by atoms with Gasteiger partial charge in [0.1, 0.15) is 5.41 Å². The molecule has 0 saturated heterocycles. The Bertz CT molecular complexity index is 270. The Morgan fingerprint density at radius 3 is 2.86 bits per heavy atom. The Labute approximate surface area is 84.5 Å². The molecule has 0 heterocycles. The summed E-state index contributed by atoms with van der Waals surface area (Å²) in [6.07, 6.45) is 5.42. The molecule has 14 heavy (non-hydrogen) atoms. The summed E-state index contributed by atoms with van der Waals surface area (Å²) >= 11 is 0. The van der Waals surface area contributed by atoms with Gasteiger partial charge in [-0.3, -0.25) is 9.79 Å². The maximum absolute atomic E-state index is 10.9. The van der Waals surface area contributed by atoms with Crippen molar-refractivity contribution >= 4 is 11.7 Å². The Hall–Kier alpha value is -1.12. The molecule has 0 aromatic carbocycles. The van der Waals surface area contributed by atoms with Gasteiger partial charge in [0.15, 0.2) is 0 Å².